The fourth-order valence-electron chi connectivity index (χ4n) is 5.99. The summed E-state index contributed by atoms with van der Waals surface area (Å²) in [6, 6.07) is 10.1. The molecule has 0 bridgehead atoms. The lowest BCUT2D eigenvalue weighted by Gasteiger charge is -2.43. The zero-order valence-electron chi connectivity index (χ0n) is 23.8. The summed E-state index contributed by atoms with van der Waals surface area (Å²) in [4.78, 5) is 48.5. The van der Waals surface area contributed by atoms with E-state index in [0.29, 0.717) is 62.0 Å². The Bertz CT molecular complexity index is 1140. The Labute approximate surface area is 237 Å². The lowest BCUT2D eigenvalue weighted by Crippen LogP contribution is -2.58. The van der Waals surface area contributed by atoms with Crippen molar-refractivity contribution in [1.82, 2.24) is 20.1 Å². The summed E-state index contributed by atoms with van der Waals surface area (Å²) in [5.41, 5.74) is 7.91. The van der Waals surface area contributed by atoms with Gasteiger partial charge in [-0.3, -0.25) is 19.4 Å². The predicted octanol–water partition coefficient (Wildman–Crippen LogP) is 3.03. The SMILES string of the molecule is COCCN(C(=O)c1cccc(C)c1)C1CCN(C(=O)c2cccnc2)[C@@H](C(=O)NCC2CCC(CN)CC2)C1. The summed E-state index contributed by atoms with van der Waals surface area (Å²) in [5, 5.41) is 3.15. The minimum atomic E-state index is -0.692. The highest BCUT2D eigenvalue weighted by Gasteiger charge is 2.40. The highest BCUT2D eigenvalue weighted by Crippen LogP contribution is 2.29. The monoisotopic (exact) mass is 549 g/mol. The second-order valence-corrected chi connectivity index (χ2v) is 11.2. The highest BCUT2D eigenvalue weighted by molar-refractivity contribution is 5.98. The maximum absolute atomic E-state index is 13.7. The molecule has 9 heteroatoms. The van der Waals surface area contributed by atoms with Gasteiger partial charge in [-0.05, 0) is 88.1 Å². The van der Waals surface area contributed by atoms with Gasteiger partial charge in [-0.1, -0.05) is 17.7 Å². The Morgan fingerprint density at radius 3 is 2.50 bits per heavy atom. The molecule has 3 N–H and O–H groups in total. The Balaban J connectivity index is 1.53. The molecule has 1 aliphatic heterocycles. The molecule has 40 heavy (non-hydrogen) atoms. The Kier molecular flexibility index (Phi) is 10.7. The van der Waals surface area contributed by atoms with Crippen LogP contribution in [0.5, 0.6) is 0 Å². The minimum absolute atomic E-state index is 0.0893. The molecule has 3 amide bonds. The van der Waals surface area contributed by atoms with E-state index in [1.165, 1.54) is 6.20 Å². The molecule has 1 aliphatic carbocycles. The van der Waals surface area contributed by atoms with Crippen molar-refractivity contribution in [3.63, 3.8) is 0 Å². The number of piperidine rings is 1. The fraction of sp³-hybridized carbons (Fsp3) is 0.548. The highest BCUT2D eigenvalue weighted by atomic mass is 16.5. The van der Waals surface area contributed by atoms with Gasteiger partial charge in [-0.15, -0.1) is 0 Å². The zero-order valence-corrected chi connectivity index (χ0v) is 23.8. The van der Waals surface area contributed by atoms with E-state index in [1.807, 2.05) is 36.1 Å². The number of pyridine rings is 1. The van der Waals surface area contributed by atoms with Crippen LogP contribution in [0.1, 0.15) is 64.8 Å². The van der Waals surface area contributed by atoms with Crippen molar-refractivity contribution in [3.05, 3.63) is 65.5 Å². The molecule has 1 aromatic carbocycles. The molecular weight excluding hydrogens is 506 g/mol. The number of rotatable bonds is 10. The van der Waals surface area contributed by atoms with Crippen molar-refractivity contribution in [2.45, 2.75) is 57.5 Å². The molecule has 9 nitrogen and oxygen atoms in total. The number of benzene rings is 1. The molecule has 1 saturated carbocycles. The smallest absolute Gasteiger partial charge is 0.256 e. The standard InChI is InChI=1S/C31H43N5O4/c1-22-5-3-6-25(17-22)30(38)35(15-16-40-2)27-12-14-36(31(39)26-7-4-13-33-21-26)28(18-27)29(37)34-20-24-10-8-23(19-32)9-11-24/h3-7,13,17,21,23-24,27-28H,8-12,14-16,18-20,32H2,1-2H3,(H,34,37)/t23?,24?,27?,28-/m1/s1. The number of ether oxygens (including phenoxy) is 1. The van der Waals surface area contributed by atoms with Gasteiger partial charge < -0.3 is 25.6 Å². The van der Waals surface area contributed by atoms with Gasteiger partial charge in [0.05, 0.1) is 12.2 Å². The molecule has 2 aliphatic rings. The predicted molar refractivity (Wildman–Crippen MR) is 154 cm³/mol. The molecule has 1 aromatic heterocycles. The van der Waals surface area contributed by atoms with Gasteiger partial charge in [0.2, 0.25) is 5.91 Å². The number of hydrogen-bond donors (Lipinski definition) is 2. The molecule has 0 radical (unpaired) electrons. The van der Waals surface area contributed by atoms with Crippen molar-refractivity contribution >= 4 is 17.7 Å². The van der Waals surface area contributed by atoms with E-state index < -0.39 is 6.04 Å². The first-order chi connectivity index (χ1) is 19.4. The first-order valence-electron chi connectivity index (χ1n) is 14.5. The number of amides is 3. The van der Waals surface area contributed by atoms with E-state index >= 15 is 0 Å². The van der Waals surface area contributed by atoms with Crippen LogP contribution in [-0.4, -0.2) is 84.5 Å². The van der Waals surface area contributed by atoms with Crippen LogP contribution in [0.4, 0.5) is 0 Å². The number of aryl methyl sites for hydroxylation is 1. The Morgan fingerprint density at radius 1 is 1.07 bits per heavy atom. The quantitative estimate of drug-likeness (QED) is 0.471. The fourth-order valence-corrected chi connectivity index (χ4v) is 5.99. The topological polar surface area (TPSA) is 118 Å². The summed E-state index contributed by atoms with van der Waals surface area (Å²) < 4.78 is 5.33. The third-order valence-electron chi connectivity index (χ3n) is 8.41. The maximum Gasteiger partial charge on any atom is 0.256 e. The molecular formula is C31H43N5O4. The van der Waals surface area contributed by atoms with Crippen molar-refractivity contribution in [3.8, 4) is 0 Å². The second kappa shape index (κ2) is 14.4. The number of carbonyl (C=O) groups is 3. The number of nitrogens with zero attached hydrogens (tertiary/aromatic N) is 3. The van der Waals surface area contributed by atoms with E-state index in [0.717, 1.165) is 37.8 Å². The zero-order chi connectivity index (χ0) is 28.5. The molecule has 2 fully saturated rings. The normalized spacial score (nSPS) is 22.9. The van der Waals surface area contributed by atoms with Crippen LogP contribution in [0.2, 0.25) is 0 Å². The average molecular weight is 550 g/mol. The summed E-state index contributed by atoms with van der Waals surface area (Å²) >= 11 is 0. The lowest BCUT2D eigenvalue weighted by atomic mass is 9.82. The molecule has 2 aromatic rings. The number of nitrogens with one attached hydrogen (secondary N) is 1. The third-order valence-corrected chi connectivity index (χ3v) is 8.41. The number of nitrogens with two attached hydrogens (primary N) is 1. The number of hydrogen-bond acceptors (Lipinski definition) is 6. The summed E-state index contributed by atoms with van der Waals surface area (Å²) in [6.45, 7) is 4.42. The Hall–Kier alpha value is -3.30. The molecule has 4 rings (SSSR count). The summed E-state index contributed by atoms with van der Waals surface area (Å²) in [7, 11) is 1.61. The van der Waals surface area contributed by atoms with Gasteiger partial charge in [-0.2, -0.15) is 0 Å². The molecule has 2 atom stereocenters. The van der Waals surface area contributed by atoms with Crippen LogP contribution in [0, 0.1) is 18.8 Å². The summed E-state index contributed by atoms with van der Waals surface area (Å²) in [6.07, 6.45) is 8.35. The van der Waals surface area contributed by atoms with Gasteiger partial charge in [0.1, 0.15) is 6.04 Å². The van der Waals surface area contributed by atoms with Crippen molar-refractivity contribution in [2.24, 2.45) is 17.6 Å². The van der Waals surface area contributed by atoms with Crippen molar-refractivity contribution in [1.29, 1.82) is 0 Å². The molecule has 1 unspecified atom stereocenters. The Morgan fingerprint density at radius 2 is 1.82 bits per heavy atom. The van der Waals surface area contributed by atoms with E-state index in [-0.39, 0.29) is 23.8 Å². The largest absolute Gasteiger partial charge is 0.383 e. The minimum Gasteiger partial charge on any atom is -0.383 e. The van der Waals surface area contributed by atoms with Gasteiger partial charge in [0, 0.05) is 50.7 Å². The van der Waals surface area contributed by atoms with Crippen LogP contribution in [0.15, 0.2) is 48.8 Å². The maximum atomic E-state index is 13.7. The van der Waals surface area contributed by atoms with Gasteiger partial charge in [0.15, 0.2) is 0 Å². The number of aromatic nitrogens is 1. The van der Waals surface area contributed by atoms with Crippen LogP contribution in [0.25, 0.3) is 0 Å². The summed E-state index contributed by atoms with van der Waals surface area (Å²) in [5.74, 6) is 0.507. The van der Waals surface area contributed by atoms with Crippen LogP contribution < -0.4 is 11.1 Å². The second-order valence-electron chi connectivity index (χ2n) is 11.2. The van der Waals surface area contributed by atoms with Crippen molar-refractivity contribution < 1.29 is 19.1 Å². The lowest BCUT2D eigenvalue weighted by molar-refractivity contribution is -0.127. The molecule has 2 heterocycles. The van der Waals surface area contributed by atoms with Crippen LogP contribution in [0.3, 0.4) is 0 Å². The molecule has 216 valence electrons. The molecule has 1 saturated heterocycles. The van der Waals surface area contributed by atoms with Gasteiger partial charge in [-0.25, -0.2) is 0 Å². The first kappa shape index (κ1) is 29.7. The van der Waals surface area contributed by atoms with E-state index in [4.69, 9.17) is 10.5 Å². The first-order valence-corrected chi connectivity index (χ1v) is 14.5. The number of likely N-dealkylation sites (tertiary alicyclic amines) is 1. The third kappa shape index (κ3) is 7.46. The number of methoxy groups -OCH3 is 1. The molecule has 0 spiro atoms. The van der Waals surface area contributed by atoms with Crippen molar-refractivity contribution in [2.75, 3.05) is 39.9 Å². The van der Waals surface area contributed by atoms with E-state index in [1.54, 1.807) is 30.3 Å². The average Bonchev–Trinajstić information content (AvgIpc) is 3.00. The van der Waals surface area contributed by atoms with Gasteiger partial charge in [0.25, 0.3) is 11.8 Å². The van der Waals surface area contributed by atoms with E-state index in [9.17, 15) is 14.4 Å². The van der Waals surface area contributed by atoms with Gasteiger partial charge >= 0.3 is 0 Å². The number of carbonyl (C=O) groups excluding carboxylic acids is 3. The van der Waals surface area contributed by atoms with E-state index in [2.05, 4.69) is 10.3 Å². The van der Waals surface area contributed by atoms with Crippen LogP contribution >= 0.6 is 0 Å². The van der Waals surface area contributed by atoms with Crippen LogP contribution in [-0.2, 0) is 9.53 Å².